The van der Waals surface area contributed by atoms with Crippen molar-refractivity contribution in [3.8, 4) is 6.01 Å². The summed E-state index contributed by atoms with van der Waals surface area (Å²) in [4.78, 5) is 11.7. The van der Waals surface area contributed by atoms with Crippen LogP contribution in [0.4, 0.5) is 16.0 Å². The molecule has 0 unspecified atom stereocenters. The average molecular weight is 317 g/mol. The van der Waals surface area contributed by atoms with Gasteiger partial charge in [0.1, 0.15) is 5.82 Å². The fraction of sp³-hybridized carbons (Fsp3) is 0.250. The second kappa shape index (κ2) is 6.19. The Morgan fingerprint density at radius 3 is 2.65 bits per heavy atom. The molecule has 1 aromatic carbocycles. The highest BCUT2D eigenvalue weighted by Gasteiger charge is 2.10. The van der Waals surface area contributed by atoms with Crippen LogP contribution in [0.1, 0.15) is 13.8 Å². The summed E-state index contributed by atoms with van der Waals surface area (Å²) < 4.78 is 18.5. The summed E-state index contributed by atoms with van der Waals surface area (Å²) in [6.45, 7) is 3.66. The van der Waals surface area contributed by atoms with E-state index in [2.05, 4.69) is 20.3 Å². The van der Waals surface area contributed by atoms with Crippen LogP contribution in [-0.2, 0) is 0 Å². The van der Waals surface area contributed by atoms with Gasteiger partial charge >= 0.3 is 6.01 Å². The monoisotopic (exact) mass is 316 g/mol. The third kappa shape index (κ3) is 3.91. The zero-order valence-corrected chi connectivity index (χ0v) is 12.2. The van der Waals surface area contributed by atoms with Crippen LogP contribution < -0.4 is 10.1 Å². The number of nitrogens with zero attached hydrogens (tertiary/aromatic N) is 3. The number of halogens is 3. The molecule has 8 heteroatoms. The quantitative estimate of drug-likeness (QED) is 0.928. The molecule has 0 aliphatic carbocycles. The van der Waals surface area contributed by atoms with Gasteiger partial charge in [0, 0.05) is 0 Å². The molecule has 20 heavy (non-hydrogen) atoms. The first-order valence-electron chi connectivity index (χ1n) is 5.74. The van der Waals surface area contributed by atoms with Crippen LogP contribution in [0.15, 0.2) is 18.2 Å². The fourth-order valence-corrected chi connectivity index (χ4v) is 1.68. The smallest absolute Gasteiger partial charge is 0.322 e. The van der Waals surface area contributed by atoms with Crippen molar-refractivity contribution < 1.29 is 9.13 Å². The van der Waals surface area contributed by atoms with E-state index in [0.29, 0.717) is 10.7 Å². The standard InChI is InChI=1S/C12H11Cl2FN4O/c1-6(2)20-12-18-10(14)17-11(19-12)16-9-5-7(15)3-4-8(9)13/h3-6H,1-2H3,(H,16,17,18,19). The molecule has 0 amide bonds. The van der Waals surface area contributed by atoms with Gasteiger partial charge in [0.15, 0.2) is 0 Å². The number of benzene rings is 1. The molecule has 0 bridgehead atoms. The van der Waals surface area contributed by atoms with Crippen molar-refractivity contribution in [3.05, 3.63) is 34.3 Å². The van der Waals surface area contributed by atoms with E-state index in [1.54, 1.807) is 0 Å². The minimum Gasteiger partial charge on any atom is -0.461 e. The molecule has 2 aromatic rings. The van der Waals surface area contributed by atoms with Gasteiger partial charge < -0.3 is 10.1 Å². The molecule has 0 atom stereocenters. The maximum Gasteiger partial charge on any atom is 0.322 e. The van der Waals surface area contributed by atoms with E-state index in [-0.39, 0.29) is 23.3 Å². The van der Waals surface area contributed by atoms with E-state index in [0.717, 1.165) is 0 Å². The molecule has 106 valence electrons. The average Bonchev–Trinajstić information content (AvgIpc) is 2.32. The summed E-state index contributed by atoms with van der Waals surface area (Å²) in [6, 6.07) is 3.98. The summed E-state index contributed by atoms with van der Waals surface area (Å²) in [7, 11) is 0. The van der Waals surface area contributed by atoms with Crippen LogP contribution in [0.3, 0.4) is 0 Å². The molecule has 2 rings (SSSR count). The Morgan fingerprint density at radius 1 is 1.20 bits per heavy atom. The van der Waals surface area contributed by atoms with Gasteiger partial charge in [-0.25, -0.2) is 4.39 Å². The van der Waals surface area contributed by atoms with E-state index < -0.39 is 5.82 Å². The van der Waals surface area contributed by atoms with Crippen LogP contribution >= 0.6 is 23.2 Å². The molecule has 0 fully saturated rings. The normalized spacial score (nSPS) is 10.7. The van der Waals surface area contributed by atoms with Crippen molar-refractivity contribution in [2.75, 3.05) is 5.32 Å². The van der Waals surface area contributed by atoms with Gasteiger partial charge in [-0.15, -0.1) is 0 Å². The minimum absolute atomic E-state index is 0.0364. The maximum absolute atomic E-state index is 13.2. The van der Waals surface area contributed by atoms with Gasteiger partial charge in [0.2, 0.25) is 11.2 Å². The first-order valence-corrected chi connectivity index (χ1v) is 6.50. The number of nitrogens with one attached hydrogen (secondary N) is 1. The number of ether oxygens (including phenoxy) is 1. The lowest BCUT2D eigenvalue weighted by molar-refractivity contribution is 0.222. The minimum atomic E-state index is -0.435. The van der Waals surface area contributed by atoms with Gasteiger partial charge in [-0.2, -0.15) is 15.0 Å². The predicted octanol–water partition coefficient (Wildman–Crippen LogP) is 3.85. The first kappa shape index (κ1) is 14.7. The molecule has 1 aromatic heterocycles. The molecular weight excluding hydrogens is 306 g/mol. The van der Waals surface area contributed by atoms with E-state index in [1.807, 2.05) is 13.8 Å². The van der Waals surface area contributed by atoms with Crippen molar-refractivity contribution in [1.29, 1.82) is 0 Å². The van der Waals surface area contributed by atoms with Crippen molar-refractivity contribution in [2.45, 2.75) is 20.0 Å². The third-order valence-corrected chi connectivity index (χ3v) is 2.60. The zero-order valence-electron chi connectivity index (χ0n) is 10.7. The van der Waals surface area contributed by atoms with E-state index in [9.17, 15) is 4.39 Å². The Hall–Kier alpha value is -1.66. The molecule has 0 aliphatic heterocycles. The molecule has 1 N–H and O–H groups in total. The van der Waals surface area contributed by atoms with Crippen molar-refractivity contribution in [3.63, 3.8) is 0 Å². The van der Waals surface area contributed by atoms with Crippen LogP contribution in [0.5, 0.6) is 6.01 Å². The maximum atomic E-state index is 13.2. The van der Waals surface area contributed by atoms with E-state index in [4.69, 9.17) is 27.9 Å². The first-order chi connectivity index (χ1) is 9.44. The molecular formula is C12H11Cl2FN4O. The molecule has 0 saturated carbocycles. The lowest BCUT2D eigenvalue weighted by Crippen LogP contribution is -2.10. The van der Waals surface area contributed by atoms with Gasteiger partial charge in [-0.1, -0.05) is 11.6 Å². The van der Waals surface area contributed by atoms with Crippen LogP contribution in [0.25, 0.3) is 0 Å². The Bertz CT molecular complexity index is 624. The highest BCUT2D eigenvalue weighted by Crippen LogP contribution is 2.25. The lowest BCUT2D eigenvalue weighted by atomic mass is 10.3. The third-order valence-electron chi connectivity index (χ3n) is 2.10. The summed E-state index contributed by atoms with van der Waals surface area (Å²) in [5.41, 5.74) is 0.324. The SMILES string of the molecule is CC(C)Oc1nc(Cl)nc(Nc2cc(F)ccc2Cl)n1. The van der Waals surface area contributed by atoms with Gasteiger partial charge in [0.05, 0.1) is 16.8 Å². The molecule has 0 radical (unpaired) electrons. The van der Waals surface area contributed by atoms with Gasteiger partial charge in [-0.3, -0.25) is 0 Å². The zero-order chi connectivity index (χ0) is 14.7. The van der Waals surface area contributed by atoms with E-state index >= 15 is 0 Å². The second-order valence-corrected chi connectivity index (χ2v) is 4.87. The predicted molar refractivity (Wildman–Crippen MR) is 75.3 cm³/mol. The van der Waals surface area contributed by atoms with Crippen molar-refractivity contribution >= 4 is 34.8 Å². The number of hydrogen-bond donors (Lipinski definition) is 1. The van der Waals surface area contributed by atoms with Crippen LogP contribution in [0, 0.1) is 5.82 Å². The van der Waals surface area contributed by atoms with Crippen LogP contribution in [-0.4, -0.2) is 21.1 Å². The molecule has 1 heterocycles. The Balaban J connectivity index is 2.28. The molecule has 0 spiro atoms. The van der Waals surface area contributed by atoms with Crippen LogP contribution in [0.2, 0.25) is 10.3 Å². The van der Waals surface area contributed by atoms with E-state index in [1.165, 1.54) is 18.2 Å². The number of rotatable bonds is 4. The fourth-order valence-electron chi connectivity index (χ4n) is 1.37. The van der Waals surface area contributed by atoms with Crippen molar-refractivity contribution in [2.24, 2.45) is 0 Å². The topological polar surface area (TPSA) is 59.9 Å². The Kier molecular flexibility index (Phi) is 4.57. The molecule has 0 aliphatic rings. The van der Waals surface area contributed by atoms with Gasteiger partial charge in [-0.05, 0) is 43.6 Å². The lowest BCUT2D eigenvalue weighted by Gasteiger charge is -2.10. The van der Waals surface area contributed by atoms with Crippen molar-refractivity contribution in [1.82, 2.24) is 15.0 Å². The summed E-state index contributed by atoms with van der Waals surface area (Å²) in [6.07, 6.45) is -0.112. The summed E-state index contributed by atoms with van der Waals surface area (Å²) in [5.74, 6) is -0.316. The molecule has 5 nitrogen and oxygen atoms in total. The largest absolute Gasteiger partial charge is 0.461 e. The summed E-state index contributed by atoms with van der Waals surface area (Å²) >= 11 is 11.7. The van der Waals surface area contributed by atoms with Gasteiger partial charge in [0.25, 0.3) is 0 Å². The number of aromatic nitrogens is 3. The molecule has 0 saturated heterocycles. The highest BCUT2D eigenvalue weighted by molar-refractivity contribution is 6.33. The Labute approximate surface area is 125 Å². The summed E-state index contributed by atoms with van der Waals surface area (Å²) in [5, 5.41) is 3.06. The highest BCUT2D eigenvalue weighted by atomic mass is 35.5. The Morgan fingerprint density at radius 2 is 1.95 bits per heavy atom. The second-order valence-electron chi connectivity index (χ2n) is 4.13. The number of hydrogen-bond acceptors (Lipinski definition) is 5. The number of anilines is 2.